The molecule has 0 unspecified atom stereocenters. The van der Waals surface area contributed by atoms with Crippen molar-refractivity contribution < 1.29 is 0 Å². The van der Waals surface area contributed by atoms with Crippen molar-refractivity contribution in [3.8, 4) is 0 Å². The van der Waals surface area contributed by atoms with Crippen molar-refractivity contribution in [3.63, 3.8) is 0 Å². The maximum absolute atomic E-state index is 5.79. The summed E-state index contributed by atoms with van der Waals surface area (Å²) in [5.74, 6) is 0.595. The molecule has 0 bridgehead atoms. The third-order valence-corrected chi connectivity index (χ3v) is 1.93. The number of rotatable bonds is 1. The van der Waals surface area contributed by atoms with Crippen LogP contribution in [0.25, 0.3) is 0 Å². The first kappa shape index (κ1) is 8.43. The Kier molecular flexibility index (Phi) is 2.42. The van der Waals surface area contributed by atoms with Crippen molar-refractivity contribution in [3.05, 3.63) is 22.2 Å². The smallest absolute Gasteiger partial charge is 0.143 e. The normalized spacial score (nSPS) is 10.2. The summed E-state index contributed by atoms with van der Waals surface area (Å²) >= 11 is 5.79. The quantitative estimate of drug-likeness (QED) is 0.647. The highest BCUT2D eigenvalue weighted by Crippen LogP contribution is 2.13. The number of aryl methyl sites for hydroxylation is 1. The lowest BCUT2D eigenvalue weighted by molar-refractivity contribution is 0.881. The Morgan fingerprint density at radius 2 is 2.00 bits per heavy atom. The number of hydrogen-bond donors (Lipinski definition) is 1. The number of nitrogens with two attached hydrogens (primary N) is 1. The molecule has 1 heterocycles. The SMILES string of the molecule is Cc1nc(CN)nc(Cl)c1C. The lowest BCUT2D eigenvalue weighted by atomic mass is 10.3. The van der Waals surface area contributed by atoms with E-state index in [2.05, 4.69) is 9.97 Å². The van der Waals surface area contributed by atoms with Gasteiger partial charge >= 0.3 is 0 Å². The minimum atomic E-state index is 0.334. The number of halogens is 1. The van der Waals surface area contributed by atoms with E-state index in [1.165, 1.54) is 0 Å². The third kappa shape index (κ3) is 1.67. The van der Waals surface area contributed by atoms with Gasteiger partial charge in [-0.25, -0.2) is 9.97 Å². The lowest BCUT2D eigenvalue weighted by Crippen LogP contribution is -2.05. The van der Waals surface area contributed by atoms with Gasteiger partial charge in [0.25, 0.3) is 0 Å². The van der Waals surface area contributed by atoms with Crippen LogP contribution < -0.4 is 5.73 Å². The van der Waals surface area contributed by atoms with Gasteiger partial charge in [0.05, 0.1) is 6.54 Å². The zero-order valence-electron chi connectivity index (χ0n) is 6.56. The van der Waals surface area contributed by atoms with E-state index in [1.807, 2.05) is 13.8 Å². The van der Waals surface area contributed by atoms with Crippen molar-refractivity contribution in [1.29, 1.82) is 0 Å². The Labute approximate surface area is 70.6 Å². The molecule has 11 heavy (non-hydrogen) atoms. The molecule has 0 saturated heterocycles. The molecule has 4 heteroatoms. The molecule has 0 aliphatic heterocycles. The van der Waals surface area contributed by atoms with Crippen molar-refractivity contribution in [1.82, 2.24) is 9.97 Å². The Morgan fingerprint density at radius 1 is 1.36 bits per heavy atom. The van der Waals surface area contributed by atoms with E-state index < -0.39 is 0 Å². The predicted molar refractivity (Wildman–Crippen MR) is 44.4 cm³/mol. The number of hydrogen-bond acceptors (Lipinski definition) is 3. The van der Waals surface area contributed by atoms with E-state index in [1.54, 1.807) is 0 Å². The van der Waals surface area contributed by atoms with Gasteiger partial charge in [0, 0.05) is 11.3 Å². The van der Waals surface area contributed by atoms with Gasteiger partial charge in [-0.2, -0.15) is 0 Å². The molecule has 60 valence electrons. The van der Waals surface area contributed by atoms with E-state index in [0.29, 0.717) is 17.5 Å². The van der Waals surface area contributed by atoms with E-state index in [4.69, 9.17) is 17.3 Å². The summed E-state index contributed by atoms with van der Waals surface area (Å²) in [7, 11) is 0. The standard InChI is InChI=1S/C7H10ClN3/c1-4-5(2)10-6(3-9)11-7(4)8/h3,9H2,1-2H3. The van der Waals surface area contributed by atoms with Crippen LogP contribution in [0.5, 0.6) is 0 Å². The monoisotopic (exact) mass is 171 g/mol. The van der Waals surface area contributed by atoms with Gasteiger partial charge in [0.2, 0.25) is 0 Å². The fraction of sp³-hybridized carbons (Fsp3) is 0.429. The van der Waals surface area contributed by atoms with Crippen molar-refractivity contribution in [2.75, 3.05) is 0 Å². The molecule has 1 aromatic rings. The van der Waals surface area contributed by atoms with Crippen LogP contribution in [0.1, 0.15) is 17.1 Å². The Morgan fingerprint density at radius 3 is 2.45 bits per heavy atom. The van der Waals surface area contributed by atoms with E-state index in [9.17, 15) is 0 Å². The second-order valence-electron chi connectivity index (χ2n) is 2.35. The molecule has 2 N–H and O–H groups in total. The average molecular weight is 172 g/mol. The minimum Gasteiger partial charge on any atom is -0.324 e. The van der Waals surface area contributed by atoms with Crippen molar-refractivity contribution >= 4 is 11.6 Å². The number of aromatic nitrogens is 2. The van der Waals surface area contributed by atoms with Gasteiger partial charge in [-0.05, 0) is 13.8 Å². The van der Waals surface area contributed by atoms with Crippen LogP contribution in [0, 0.1) is 13.8 Å². The first-order valence-electron chi connectivity index (χ1n) is 3.35. The summed E-state index contributed by atoms with van der Waals surface area (Å²) < 4.78 is 0. The van der Waals surface area contributed by atoms with Crippen LogP contribution in [0.15, 0.2) is 0 Å². The fourth-order valence-corrected chi connectivity index (χ4v) is 0.974. The highest BCUT2D eigenvalue weighted by Gasteiger charge is 2.03. The average Bonchev–Trinajstić information content (AvgIpc) is 1.99. The summed E-state index contributed by atoms with van der Waals surface area (Å²) in [5, 5.41) is 0.498. The molecule has 0 aliphatic carbocycles. The van der Waals surface area contributed by atoms with Gasteiger partial charge in [-0.1, -0.05) is 11.6 Å². The largest absolute Gasteiger partial charge is 0.324 e. The molecule has 0 saturated carbocycles. The highest BCUT2D eigenvalue weighted by atomic mass is 35.5. The maximum atomic E-state index is 5.79. The Hall–Kier alpha value is -0.670. The van der Waals surface area contributed by atoms with Gasteiger partial charge in [0.15, 0.2) is 0 Å². The van der Waals surface area contributed by atoms with Gasteiger partial charge in [0.1, 0.15) is 11.0 Å². The highest BCUT2D eigenvalue weighted by molar-refractivity contribution is 6.30. The van der Waals surface area contributed by atoms with Crippen LogP contribution in [0.4, 0.5) is 0 Å². The van der Waals surface area contributed by atoms with Gasteiger partial charge in [-0.15, -0.1) is 0 Å². The first-order chi connectivity index (χ1) is 5.15. The molecule has 0 spiro atoms. The lowest BCUT2D eigenvalue weighted by Gasteiger charge is -2.02. The number of nitrogens with zero attached hydrogens (tertiary/aromatic N) is 2. The zero-order chi connectivity index (χ0) is 8.43. The molecule has 0 aliphatic rings. The van der Waals surface area contributed by atoms with E-state index in [0.717, 1.165) is 11.3 Å². The zero-order valence-corrected chi connectivity index (χ0v) is 7.31. The molecule has 0 aromatic carbocycles. The molecule has 1 rings (SSSR count). The fourth-order valence-electron chi connectivity index (χ4n) is 0.740. The summed E-state index contributed by atoms with van der Waals surface area (Å²) in [4.78, 5) is 8.11. The van der Waals surface area contributed by atoms with E-state index >= 15 is 0 Å². The van der Waals surface area contributed by atoms with Crippen LogP contribution in [0.2, 0.25) is 5.15 Å². The molecule has 1 aromatic heterocycles. The second kappa shape index (κ2) is 3.15. The van der Waals surface area contributed by atoms with Gasteiger partial charge in [-0.3, -0.25) is 0 Å². The van der Waals surface area contributed by atoms with Crippen LogP contribution >= 0.6 is 11.6 Å². The summed E-state index contributed by atoms with van der Waals surface area (Å²) in [6, 6.07) is 0. The molecular formula is C7H10ClN3. The molecule has 0 fully saturated rings. The summed E-state index contributed by atoms with van der Waals surface area (Å²) in [5.41, 5.74) is 7.17. The molecule has 3 nitrogen and oxygen atoms in total. The molecule has 0 atom stereocenters. The van der Waals surface area contributed by atoms with Crippen LogP contribution in [-0.4, -0.2) is 9.97 Å². The second-order valence-corrected chi connectivity index (χ2v) is 2.70. The Bertz CT molecular complexity index is 249. The van der Waals surface area contributed by atoms with Crippen molar-refractivity contribution in [2.24, 2.45) is 5.73 Å². The first-order valence-corrected chi connectivity index (χ1v) is 3.72. The minimum absolute atomic E-state index is 0.334. The molecule has 0 radical (unpaired) electrons. The summed E-state index contributed by atoms with van der Waals surface area (Å²) in [6.07, 6.45) is 0. The maximum Gasteiger partial charge on any atom is 0.143 e. The predicted octanol–water partition coefficient (Wildman–Crippen LogP) is 1.21. The topological polar surface area (TPSA) is 51.8 Å². The molecular weight excluding hydrogens is 162 g/mol. The van der Waals surface area contributed by atoms with E-state index in [-0.39, 0.29) is 0 Å². The van der Waals surface area contributed by atoms with Crippen LogP contribution in [-0.2, 0) is 6.54 Å². The van der Waals surface area contributed by atoms with Crippen LogP contribution in [0.3, 0.4) is 0 Å². The van der Waals surface area contributed by atoms with Gasteiger partial charge < -0.3 is 5.73 Å². The molecule has 0 amide bonds. The third-order valence-electron chi connectivity index (χ3n) is 1.56. The Balaban J connectivity index is 3.21. The van der Waals surface area contributed by atoms with Crippen molar-refractivity contribution in [2.45, 2.75) is 20.4 Å². The summed E-state index contributed by atoms with van der Waals surface area (Å²) in [6.45, 7) is 4.11.